The maximum absolute atomic E-state index is 12.5. The standard InChI is InChI=1S/C21H21N3O3S2/c1-4-13-5-7-14(8-6-13)18-12-29-21(22-18)24-20(28)23-19(25)15-9-16(26-2)11-17(10-15)27-3/h5-12H,4H2,1-3H3,(H2,22,23,24,25,28). The lowest BCUT2D eigenvalue weighted by molar-refractivity contribution is 0.0977. The number of aromatic nitrogens is 1. The van der Waals surface area contributed by atoms with Crippen LogP contribution < -0.4 is 20.1 Å². The highest BCUT2D eigenvalue weighted by Crippen LogP contribution is 2.25. The Balaban J connectivity index is 1.65. The van der Waals surface area contributed by atoms with Gasteiger partial charge >= 0.3 is 0 Å². The molecule has 0 radical (unpaired) electrons. The van der Waals surface area contributed by atoms with Crippen molar-refractivity contribution < 1.29 is 14.3 Å². The fourth-order valence-electron chi connectivity index (χ4n) is 2.62. The predicted octanol–water partition coefficient (Wildman–Crippen LogP) is 4.52. The summed E-state index contributed by atoms with van der Waals surface area (Å²) in [6.45, 7) is 2.12. The summed E-state index contributed by atoms with van der Waals surface area (Å²) in [5, 5.41) is 8.32. The van der Waals surface area contributed by atoms with Crippen LogP contribution in [0.25, 0.3) is 11.3 Å². The zero-order valence-corrected chi connectivity index (χ0v) is 17.9. The van der Waals surface area contributed by atoms with E-state index in [9.17, 15) is 4.79 Å². The second-order valence-electron chi connectivity index (χ2n) is 6.10. The van der Waals surface area contributed by atoms with Crippen LogP contribution in [0.3, 0.4) is 0 Å². The van der Waals surface area contributed by atoms with Crippen LogP contribution in [0.15, 0.2) is 47.8 Å². The molecule has 2 N–H and O–H groups in total. The molecule has 0 spiro atoms. The van der Waals surface area contributed by atoms with Gasteiger partial charge in [0.1, 0.15) is 11.5 Å². The van der Waals surface area contributed by atoms with E-state index in [0.717, 1.165) is 17.7 Å². The first kappa shape index (κ1) is 20.8. The van der Waals surface area contributed by atoms with E-state index in [1.165, 1.54) is 31.1 Å². The normalized spacial score (nSPS) is 10.3. The molecule has 0 bridgehead atoms. The Bertz CT molecular complexity index is 994. The van der Waals surface area contributed by atoms with Gasteiger partial charge < -0.3 is 14.8 Å². The number of anilines is 1. The molecule has 2 aromatic carbocycles. The van der Waals surface area contributed by atoms with Gasteiger partial charge in [-0.05, 0) is 36.3 Å². The number of nitrogens with one attached hydrogen (secondary N) is 2. The van der Waals surface area contributed by atoms with Gasteiger partial charge in [-0.25, -0.2) is 4.98 Å². The number of carbonyl (C=O) groups excluding carboxylic acids is 1. The number of carbonyl (C=O) groups is 1. The summed E-state index contributed by atoms with van der Waals surface area (Å²) in [5.41, 5.74) is 3.54. The minimum absolute atomic E-state index is 0.166. The molecule has 6 nitrogen and oxygen atoms in total. The van der Waals surface area contributed by atoms with Gasteiger partial charge in [0, 0.05) is 22.6 Å². The largest absolute Gasteiger partial charge is 0.497 e. The number of aryl methyl sites for hydroxylation is 1. The van der Waals surface area contributed by atoms with Crippen molar-refractivity contribution in [2.45, 2.75) is 13.3 Å². The van der Waals surface area contributed by atoms with E-state index in [1.807, 2.05) is 17.5 Å². The van der Waals surface area contributed by atoms with Gasteiger partial charge in [-0.3, -0.25) is 10.1 Å². The number of hydrogen-bond donors (Lipinski definition) is 2. The monoisotopic (exact) mass is 427 g/mol. The molecule has 0 aliphatic carbocycles. The molecule has 8 heteroatoms. The maximum Gasteiger partial charge on any atom is 0.257 e. The summed E-state index contributed by atoms with van der Waals surface area (Å²) >= 11 is 6.67. The molecule has 1 amide bonds. The Morgan fingerprint density at radius 2 is 1.76 bits per heavy atom. The first-order valence-electron chi connectivity index (χ1n) is 8.92. The van der Waals surface area contributed by atoms with Crippen LogP contribution in [0.4, 0.5) is 5.13 Å². The Labute approximate surface area is 178 Å². The SMILES string of the molecule is CCc1ccc(-c2csc(NC(=S)NC(=O)c3cc(OC)cc(OC)c3)n2)cc1. The molecule has 0 atom stereocenters. The predicted molar refractivity (Wildman–Crippen MR) is 120 cm³/mol. The van der Waals surface area contributed by atoms with Crippen molar-refractivity contribution in [2.24, 2.45) is 0 Å². The van der Waals surface area contributed by atoms with Gasteiger partial charge in [-0.1, -0.05) is 31.2 Å². The fourth-order valence-corrected chi connectivity index (χ4v) is 3.60. The number of methoxy groups -OCH3 is 2. The molecule has 0 fully saturated rings. The van der Waals surface area contributed by atoms with E-state index in [2.05, 4.69) is 34.7 Å². The van der Waals surface area contributed by atoms with Crippen molar-refractivity contribution in [1.82, 2.24) is 10.3 Å². The number of ether oxygens (including phenoxy) is 2. The number of thiocarbonyl (C=S) groups is 1. The molecule has 1 heterocycles. The highest BCUT2D eigenvalue weighted by Gasteiger charge is 2.13. The Morgan fingerprint density at radius 1 is 1.10 bits per heavy atom. The first-order valence-corrected chi connectivity index (χ1v) is 10.2. The Morgan fingerprint density at radius 3 is 2.34 bits per heavy atom. The Hall–Kier alpha value is -2.97. The number of nitrogens with zero attached hydrogens (tertiary/aromatic N) is 1. The first-order chi connectivity index (χ1) is 14.0. The molecule has 0 aliphatic rings. The van der Waals surface area contributed by atoms with E-state index in [0.29, 0.717) is 22.2 Å². The Kier molecular flexibility index (Phi) is 6.79. The molecule has 3 aromatic rings. The maximum atomic E-state index is 12.5. The van der Waals surface area contributed by atoms with Crippen molar-refractivity contribution in [3.05, 3.63) is 59.0 Å². The molecule has 0 unspecified atom stereocenters. The summed E-state index contributed by atoms with van der Waals surface area (Å²) in [6, 6.07) is 13.2. The quantitative estimate of drug-likeness (QED) is 0.564. The third-order valence-electron chi connectivity index (χ3n) is 4.22. The second-order valence-corrected chi connectivity index (χ2v) is 7.36. The molecule has 0 aliphatic heterocycles. The summed E-state index contributed by atoms with van der Waals surface area (Å²) in [4.78, 5) is 17.0. The average Bonchev–Trinajstić information content (AvgIpc) is 3.21. The number of amides is 1. The number of hydrogen-bond acceptors (Lipinski definition) is 6. The zero-order chi connectivity index (χ0) is 20.8. The lowest BCUT2D eigenvalue weighted by Gasteiger charge is -2.10. The van der Waals surface area contributed by atoms with E-state index >= 15 is 0 Å². The third kappa shape index (κ3) is 5.30. The molecule has 0 saturated heterocycles. The van der Waals surface area contributed by atoms with Crippen LogP contribution in [0.5, 0.6) is 11.5 Å². The molecular weight excluding hydrogens is 406 g/mol. The van der Waals surface area contributed by atoms with Gasteiger partial charge in [0.15, 0.2) is 10.2 Å². The van der Waals surface area contributed by atoms with E-state index in [4.69, 9.17) is 21.7 Å². The highest BCUT2D eigenvalue weighted by atomic mass is 32.1. The van der Waals surface area contributed by atoms with E-state index in [-0.39, 0.29) is 11.0 Å². The van der Waals surface area contributed by atoms with Crippen LogP contribution in [0.2, 0.25) is 0 Å². The molecule has 1 aromatic heterocycles. The van der Waals surface area contributed by atoms with Crippen molar-refractivity contribution in [2.75, 3.05) is 19.5 Å². The summed E-state index contributed by atoms with van der Waals surface area (Å²) < 4.78 is 10.4. The van der Waals surface area contributed by atoms with Crippen LogP contribution >= 0.6 is 23.6 Å². The smallest absolute Gasteiger partial charge is 0.257 e. The van der Waals surface area contributed by atoms with Gasteiger partial charge in [0.2, 0.25) is 0 Å². The zero-order valence-electron chi connectivity index (χ0n) is 16.3. The average molecular weight is 428 g/mol. The molecular formula is C21H21N3O3S2. The van der Waals surface area contributed by atoms with Crippen molar-refractivity contribution in [1.29, 1.82) is 0 Å². The van der Waals surface area contributed by atoms with Gasteiger partial charge in [-0.15, -0.1) is 11.3 Å². The van der Waals surface area contributed by atoms with Crippen LogP contribution in [0, 0.1) is 0 Å². The van der Waals surface area contributed by atoms with E-state index < -0.39 is 0 Å². The highest BCUT2D eigenvalue weighted by molar-refractivity contribution is 7.80. The summed E-state index contributed by atoms with van der Waals surface area (Å²) in [7, 11) is 3.05. The number of benzene rings is 2. The lowest BCUT2D eigenvalue weighted by atomic mass is 10.1. The van der Waals surface area contributed by atoms with Crippen molar-refractivity contribution in [3.8, 4) is 22.8 Å². The van der Waals surface area contributed by atoms with Crippen LogP contribution in [-0.2, 0) is 6.42 Å². The number of thiazole rings is 1. The minimum atomic E-state index is -0.369. The summed E-state index contributed by atoms with van der Waals surface area (Å²) in [6.07, 6.45) is 0.997. The lowest BCUT2D eigenvalue weighted by Crippen LogP contribution is -2.34. The molecule has 3 rings (SSSR count). The summed E-state index contributed by atoms with van der Waals surface area (Å²) in [5.74, 6) is 0.672. The van der Waals surface area contributed by atoms with Gasteiger partial charge in [0.25, 0.3) is 5.91 Å². The van der Waals surface area contributed by atoms with Crippen molar-refractivity contribution >= 4 is 39.7 Å². The second kappa shape index (κ2) is 9.49. The third-order valence-corrected chi connectivity index (χ3v) is 5.19. The number of rotatable bonds is 6. The van der Waals surface area contributed by atoms with E-state index in [1.54, 1.807) is 18.2 Å². The van der Waals surface area contributed by atoms with Crippen LogP contribution in [-0.4, -0.2) is 30.2 Å². The minimum Gasteiger partial charge on any atom is -0.497 e. The topological polar surface area (TPSA) is 72.5 Å². The molecule has 0 saturated carbocycles. The fraction of sp³-hybridized carbons (Fsp3) is 0.190. The van der Waals surface area contributed by atoms with Crippen molar-refractivity contribution in [3.63, 3.8) is 0 Å². The molecule has 150 valence electrons. The van der Waals surface area contributed by atoms with Gasteiger partial charge in [0.05, 0.1) is 19.9 Å². The molecule has 29 heavy (non-hydrogen) atoms. The van der Waals surface area contributed by atoms with Gasteiger partial charge in [-0.2, -0.15) is 0 Å². The van der Waals surface area contributed by atoms with Crippen LogP contribution in [0.1, 0.15) is 22.8 Å².